The molecular weight excluding hydrogens is 805 g/mol. The lowest BCUT2D eigenvalue weighted by Crippen LogP contribution is -2.59. The van der Waals surface area contributed by atoms with Gasteiger partial charge in [0.15, 0.2) is 6.29 Å². The largest absolute Gasteiger partial charge is 0.457 e. The van der Waals surface area contributed by atoms with E-state index in [1.54, 1.807) is 0 Å². The summed E-state index contributed by atoms with van der Waals surface area (Å²) in [5.74, 6) is -0.314. The van der Waals surface area contributed by atoms with Crippen molar-refractivity contribution in [3.05, 3.63) is 36.5 Å². The van der Waals surface area contributed by atoms with Gasteiger partial charge in [-0.05, 0) is 70.6 Å². The molecule has 0 aromatic heterocycles. The van der Waals surface area contributed by atoms with Crippen molar-refractivity contribution in [3.63, 3.8) is 0 Å². The van der Waals surface area contributed by atoms with Crippen molar-refractivity contribution < 1.29 is 44.2 Å². The Hall–Kier alpha value is -1.59. The molecule has 376 valence electrons. The van der Waals surface area contributed by atoms with Crippen molar-refractivity contribution in [1.29, 1.82) is 0 Å². The molecule has 9 nitrogen and oxygen atoms in total. The van der Waals surface area contributed by atoms with Gasteiger partial charge in [0.2, 0.25) is 0 Å². The third kappa shape index (κ3) is 36.5. The van der Waals surface area contributed by atoms with Crippen LogP contribution in [0.15, 0.2) is 36.5 Å². The molecule has 64 heavy (non-hydrogen) atoms. The summed E-state index contributed by atoms with van der Waals surface area (Å²) in [5, 5.41) is 40.3. The van der Waals surface area contributed by atoms with E-state index >= 15 is 0 Å². The molecule has 1 aliphatic rings. The summed E-state index contributed by atoms with van der Waals surface area (Å²) in [5.41, 5.74) is 0. The van der Waals surface area contributed by atoms with E-state index in [-0.39, 0.29) is 19.2 Å². The van der Waals surface area contributed by atoms with Crippen LogP contribution in [0.3, 0.4) is 0 Å². The van der Waals surface area contributed by atoms with Crippen molar-refractivity contribution in [2.24, 2.45) is 0 Å². The minimum absolute atomic E-state index is 0.114. The lowest BCUT2D eigenvalue weighted by molar-refractivity contribution is -0.305. The molecule has 0 radical (unpaired) electrons. The van der Waals surface area contributed by atoms with Crippen LogP contribution in [0.2, 0.25) is 0 Å². The molecule has 9 heteroatoms. The van der Waals surface area contributed by atoms with Crippen molar-refractivity contribution in [3.8, 4) is 0 Å². The van der Waals surface area contributed by atoms with Crippen LogP contribution in [-0.2, 0) is 23.7 Å². The molecule has 1 aliphatic heterocycles. The average Bonchev–Trinajstić information content (AvgIpc) is 3.30. The van der Waals surface area contributed by atoms with Crippen LogP contribution in [-0.4, -0.2) is 89.6 Å². The highest BCUT2D eigenvalue weighted by Gasteiger charge is 2.44. The summed E-state index contributed by atoms with van der Waals surface area (Å²) in [6, 6.07) is 0. The second-order valence-corrected chi connectivity index (χ2v) is 18.7. The van der Waals surface area contributed by atoms with E-state index in [9.17, 15) is 25.2 Å². The van der Waals surface area contributed by atoms with E-state index in [2.05, 4.69) is 50.3 Å². The number of carbonyl (C=O) groups is 1. The minimum Gasteiger partial charge on any atom is -0.457 e. The summed E-state index contributed by atoms with van der Waals surface area (Å²) >= 11 is 0. The van der Waals surface area contributed by atoms with Crippen LogP contribution in [0.1, 0.15) is 245 Å². The van der Waals surface area contributed by atoms with Crippen LogP contribution in [0.25, 0.3) is 0 Å². The molecule has 1 fully saturated rings. The first-order chi connectivity index (χ1) is 31.4. The maximum Gasteiger partial charge on any atom is 0.306 e. The van der Waals surface area contributed by atoms with Crippen molar-refractivity contribution in [2.75, 3.05) is 26.4 Å². The molecule has 0 aromatic carbocycles. The number of allylic oxidation sites excluding steroid dienone is 6. The Morgan fingerprint density at radius 1 is 0.500 bits per heavy atom. The molecule has 0 amide bonds. The zero-order valence-electron chi connectivity index (χ0n) is 41.5. The van der Waals surface area contributed by atoms with Crippen molar-refractivity contribution in [2.45, 2.75) is 282 Å². The molecule has 1 rings (SSSR count). The lowest BCUT2D eigenvalue weighted by atomic mass is 9.99. The van der Waals surface area contributed by atoms with Crippen molar-refractivity contribution >= 4 is 5.97 Å². The molecule has 6 atom stereocenters. The van der Waals surface area contributed by atoms with Gasteiger partial charge in [0.05, 0.1) is 19.8 Å². The van der Waals surface area contributed by atoms with Gasteiger partial charge in [0, 0.05) is 13.0 Å². The van der Waals surface area contributed by atoms with Crippen LogP contribution < -0.4 is 0 Å². The topological polar surface area (TPSA) is 135 Å². The van der Waals surface area contributed by atoms with E-state index in [4.69, 9.17) is 18.9 Å². The Labute approximate surface area is 393 Å². The van der Waals surface area contributed by atoms with E-state index in [1.807, 2.05) is 0 Å². The summed E-state index contributed by atoms with van der Waals surface area (Å²) in [4.78, 5) is 12.9. The van der Waals surface area contributed by atoms with Crippen LogP contribution >= 0.6 is 0 Å². The van der Waals surface area contributed by atoms with Gasteiger partial charge in [-0.1, -0.05) is 204 Å². The quantitative estimate of drug-likeness (QED) is 0.0267. The Balaban J connectivity index is 2.16. The van der Waals surface area contributed by atoms with E-state index in [0.29, 0.717) is 13.0 Å². The Kier molecular flexibility index (Phi) is 43.9. The highest BCUT2D eigenvalue weighted by atomic mass is 16.7. The normalized spacial score (nSPS) is 19.8. The monoisotopic (exact) mass is 907 g/mol. The number of unbranched alkanes of at least 4 members (excludes halogenated alkanes) is 30. The van der Waals surface area contributed by atoms with Gasteiger partial charge in [0.1, 0.15) is 30.5 Å². The number of esters is 1. The second kappa shape index (κ2) is 46.5. The number of rotatable bonds is 47. The van der Waals surface area contributed by atoms with Gasteiger partial charge >= 0.3 is 5.97 Å². The first-order valence-corrected chi connectivity index (χ1v) is 27.1. The standard InChI is InChI=1S/C55H102O9/c1-3-5-7-9-11-13-15-17-19-21-22-23-24-25-26-27-28-29-30-32-34-36-38-40-42-44-51(57)63-49(48-62-55-54(60)53(59)52(58)50(46-56)64-55)47-61-45-43-41-39-37-35-33-31-20-18-16-14-12-10-8-6-4-2/h15,17-18,20-22,49-50,52-56,58-60H,3-14,16,19,23-48H2,1-2H3/b17-15-,20-18-,22-21-. The summed E-state index contributed by atoms with van der Waals surface area (Å²) in [7, 11) is 0. The summed E-state index contributed by atoms with van der Waals surface area (Å²) in [6.45, 7) is 4.56. The Morgan fingerprint density at radius 2 is 0.906 bits per heavy atom. The van der Waals surface area contributed by atoms with Crippen LogP contribution in [0.4, 0.5) is 0 Å². The van der Waals surface area contributed by atoms with Gasteiger partial charge in [-0.15, -0.1) is 0 Å². The number of ether oxygens (including phenoxy) is 4. The van der Waals surface area contributed by atoms with E-state index in [1.165, 1.54) is 186 Å². The predicted octanol–water partition coefficient (Wildman–Crippen LogP) is 13.5. The molecule has 0 aliphatic carbocycles. The number of aliphatic hydroxyl groups is 4. The van der Waals surface area contributed by atoms with Gasteiger partial charge in [-0.25, -0.2) is 0 Å². The molecule has 6 unspecified atom stereocenters. The van der Waals surface area contributed by atoms with Crippen LogP contribution in [0.5, 0.6) is 0 Å². The second-order valence-electron chi connectivity index (χ2n) is 18.7. The molecule has 4 N–H and O–H groups in total. The summed E-state index contributed by atoms with van der Waals surface area (Å²) in [6.07, 6.45) is 50.4. The highest BCUT2D eigenvalue weighted by molar-refractivity contribution is 5.69. The molecule has 1 saturated heterocycles. The molecule has 0 bridgehead atoms. The zero-order valence-corrected chi connectivity index (χ0v) is 41.5. The smallest absolute Gasteiger partial charge is 0.306 e. The number of hydrogen-bond donors (Lipinski definition) is 4. The van der Waals surface area contributed by atoms with Crippen molar-refractivity contribution in [1.82, 2.24) is 0 Å². The maximum atomic E-state index is 12.9. The van der Waals surface area contributed by atoms with Crippen LogP contribution in [0, 0.1) is 0 Å². The Morgan fingerprint density at radius 3 is 1.36 bits per heavy atom. The lowest BCUT2D eigenvalue weighted by Gasteiger charge is -2.39. The van der Waals surface area contributed by atoms with Gasteiger partial charge in [0.25, 0.3) is 0 Å². The fourth-order valence-electron chi connectivity index (χ4n) is 8.28. The number of carbonyl (C=O) groups excluding carboxylic acids is 1. The van der Waals surface area contributed by atoms with Gasteiger partial charge in [-0.3, -0.25) is 4.79 Å². The Bertz CT molecular complexity index is 1080. The third-order valence-electron chi connectivity index (χ3n) is 12.5. The fraction of sp³-hybridized carbons (Fsp3) is 0.873. The number of hydrogen-bond acceptors (Lipinski definition) is 9. The molecule has 0 saturated carbocycles. The molecule has 0 spiro atoms. The fourth-order valence-corrected chi connectivity index (χ4v) is 8.28. The zero-order chi connectivity index (χ0) is 46.4. The third-order valence-corrected chi connectivity index (χ3v) is 12.5. The van der Waals surface area contributed by atoms with E-state index < -0.39 is 43.4 Å². The predicted molar refractivity (Wildman–Crippen MR) is 265 cm³/mol. The minimum atomic E-state index is -1.54. The average molecular weight is 907 g/mol. The van der Waals surface area contributed by atoms with E-state index in [0.717, 1.165) is 38.5 Å². The SMILES string of the molecule is CCCCCCC/C=C\C/C=C\CCCCCCCCCCCCCCCC(=O)OC(COCCCCCCCC/C=C\CCCCCCCC)COC1OC(CO)C(O)C(O)C1O. The molecule has 1 heterocycles. The van der Waals surface area contributed by atoms with Gasteiger partial charge < -0.3 is 39.4 Å². The molecule has 0 aromatic rings. The first kappa shape index (κ1) is 60.4. The number of aliphatic hydroxyl groups excluding tert-OH is 4. The highest BCUT2D eigenvalue weighted by Crippen LogP contribution is 2.23. The maximum absolute atomic E-state index is 12.9. The summed E-state index contributed by atoms with van der Waals surface area (Å²) < 4.78 is 22.9. The molecular formula is C55H102O9. The first-order valence-electron chi connectivity index (χ1n) is 27.1. The van der Waals surface area contributed by atoms with Gasteiger partial charge in [-0.2, -0.15) is 0 Å².